The van der Waals surface area contributed by atoms with Gasteiger partial charge in [-0.15, -0.1) is 9.35 Å². The first-order chi connectivity index (χ1) is 9.50. The molecule has 0 heterocycles. The van der Waals surface area contributed by atoms with E-state index in [1.165, 1.54) is 24.3 Å². The van der Waals surface area contributed by atoms with Gasteiger partial charge in [0.2, 0.25) is 0 Å². The van der Waals surface area contributed by atoms with Crippen LogP contribution in [-0.4, -0.2) is 18.1 Å². The highest BCUT2D eigenvalue weighted by Gasteiger charge is 2.32. The van der Waals surface area contributed by atoms with Gasteiger partial charge in [0.15, 0.2) is 0 Å². The van der Waals surface area contributed by atoms with Crippen molar-refractivity contribution in [1.29, 1.82) is 0 Å². The Hall–Kier alpha value is -1.51. The molecule has 0 saturated carbocycles. The van der Waals surface area contributed by atoms with Crippen molar-refractivity contribution in [3.05, 3.63) is 34.4 Å². The van der Waals surface area contributed by atoms with E-state index < -0.39 is 12.7 Å². The smallest absolute Gasteiger partial charge is 0.401 e. The number of hydrogen-bond donors (Lipinski definition) is 0. The third-order valence-corrected chi connectivity index (χ3v) is 2.80. The molecule has 0 radical (unpaired) electrons. The molecule has 1 rings (SSSR count). The summed E-state index contributed by atoms with van der Waals surface area (Å²) in [6, 6.07) is 4.85. The Morgan fingerprint density at radius 3 is 2.00 bits per heavy atom. The number of non-ortho nitro benzene ring substituents is 1. The summed E-state index contributed by atoms with van der Waals surface area (Å²) >= 11 is 0. The van der Waals surface area contributed by atoms with Crippen LogP contribution >= 0.6 is 7.82 Å². The molecule has 0 saturated heterocycles. The van der Waals surface area contributed by atoms with Gasteiger partial charge in [-0.25, -0.2) is 14.3 Å². The van der Waals surface area contributed by atoms with Gasteiger partial charge in [-0.2, -0.15) is 0 Å². The summed E-state index contributed by atoms with van der Waals surface area (Å²) in [6.45, 7) is 3.44. The fourth-order valence-electron chi connectivity index (χ4n) is 1.04. The zero-order chi connectivity index (χ0) is 15.0. The number of nitrogens with zero attached hydrogens (tertiary/aromatic N) is 1. The molecule has 0 unspecified atom stereocenters. The summed E-state index contributed by atoms with van der Waals surface area (Å²) in [6.07, 6.45) is 0. The van der Waals surface area contributed by atoms with E-state index in [1.54, 1.807) is 13.8 Å². The minimum atomic E-state index is -4.13. The van der Waals surface area contributed by atoms with Crippen LogP contribution in [0.3, 0.4) is 0 Å². The maximum absolute atomic E-state index is 12.1. The highest BCUT2D eigenvalue weighted by atomic mass is 31.2. The van der Waals surface area contributed by atoms with E-state index in [0.29, 0.717) is 0 Å². The third kappa shape index (κ3) is 5.24. The van der Waals surface area contributed by atoms with Gasteiger partial charge in [-0.3, -0.25) is 10.1 Å². The lowest BCUT2D eigenvalue weighted by Crippen LogP contribution is -2.04. The van der Waals surface area contributed by atoms with Crippen LogP contribution in [0, 0.1) is 10.1 Å². The van der Waals surface area contributed by atoms with Crippen molar-refractivity contribution in [2.45, 2.75) is 13.8 Å². The summed E-state index contributed by atoms with van der Waals surface area (Å²) in [7, 11) is -4.13. The third-order valence-electron chi connectivity index (χ3n) is 1.79. The first kappa shape index (κ1) is 16.5. The van der Waals surface area contributed by atoms with Crippen LogP contribution in [-0.2, 0) is 23.7 Å². The van der Waals surface area contributed by atoms with E-state index >= 15 is 0 Å². The fourth-order valence-corrected chi connectivity index (χ4v) is 1.97. The largest absolute Gasteiger partial charge is 0.585 e. The second kappa shape index (κ2) is 7.93. The van der Waals surface area contributed by atoms with Gasteiger partial charge in [0.25, 0.3) is 5.69 Å². The zero-order valence-corrected chi connectivity index (χ0v) is 11.8. The van der Waals surface area contributed by atoms with Crippen molar-refractivity contribution in [3.63, 3.8) is 0 Å². The van der Waals surface area contributed by atoms with E-state index in [0.717, 1.165) is 0 Å². The molecule has 0 N–H and O–H groups in total. The molecular formula is C10H14NO8P. The molecule has 0 spiro atoms. The number of benzene rings is 1. The van der Waals surface area contributed by atoms with Gasteiger partial charge < -0.3 is 4.52 Å². The summed E-state index contributed by atoms with van der Waals surface area (Å²) in [4.78, 5) is 19.0. The van der Waals surface area contributed by atoms with Crippen molar-refractivity contribution < 1.29 is 33.1 Å². The second-order valence-electron chi connectivity index (χ2n) is 3.25. The Morgan fingerprint density at radius 2 is 1.60 bits per heavy atom. The van der Waals surface area contributed by atoms with Crippen LogP contribution in [0.1, 0.15) is 13.8 Å². The molecule has 0 fully saturated rings. The Morgan fingerprint density at radius 1 is 1.10 bits per heavy atom. The van der Waals surface area contributed by atoms with Crippen molar-refractivity contribution in [1.82, 2.24) is 0 Å². The summed E-state index contributed by atoms with van der Waals surface area (Å²) < 4.78 is 26.1. The Balaban J connectivity index is 2.77. The van der Waals surface area contributed by atoms with Crippen LogP contribution in [0.5, 0.6) is 5.75 Å². The molecule has 0 aliphatic heterocycles. The highest BCUT2D eigenvalue weighted by Crippen LogP contribution is 2.50. The fraction of sp³-hybridized carbons (Fsp3) is 0.400. The lowest BCUT2D eigenvalue weighted by atomic mass is 10.3. The highest BCUT2D eigenvalue weighted by molar-refractivity contribution is 7.48. The molecule has 0 atom stereocenters. The number of nitro benzene ring substituents is 1. The molecule has 112 valence electrons. The van der Waals surface area contributed by atoms with Gasteiger partial charge in [0.05, 0.1) is 18.1 Å². The van der Waals surface area contributed by atoms with Crippen LogP contribution in [0.4, 0.5) is 5.69 Å². The van der Waals surface area contributed by atoms with Crippen LogP contribution < -0.4 is 4.52 Å². The van der Waals surface area contributed by atoms with Crippen LogP contribution in [0.2, 0.25) is 0 Å². The van der Waals surface area contributed by atoms with Crippen LogP contribution in [0.15, 0.2) is 24.3 Å². The molecule has 10 heteroatoms. The quantitative estimate of drug-likeness (QED) is 0.296. The van der Waals surface area contributed by atoms with Crippen molar-refractivity contribution in [3.8, 4) is 5.75 Å². The zero-order valence-electron chi connectivity index (χ0n) is 10.9. The molecule has 0 aromatic heterocycles. The molecule has 0 amide bonds. The minimum Gasteiger partial charge on any atom is -0.401 e. The first-order valence-corrected chi connectivity index (χ1v) is 7.13. The molecule has 0 bridgehead atoms. The predicted molar refractivity (Wildman–Crippen MR) is 66.8 cm³/mol. The summed E-state index contributed by atoms with van der Waals surface area (Å²) in [5.74, 6) is 0.0401. The number of phosphoric acid groups is 1. The van der Waals surface area contributed by atoms with Crippen molar-refractivity contribution >= 4 is 13.5 Å². The lowest BCUT2D eigenvalue weighted by Gasteiger charge is -2.15. The van der Waals surface area contributed by atoms with Gasteiger partial charge in [0, 0.05) is 12.1 Å². The van der Waals surface area contributed by atoms with E-state index in [-0.39, 0.29) is 24.7 Å². The topological polar surface area (TPSA) is 106 Å². The van der Waals surface area contributed by atoms with E-state index in [2.05, 4.69) is 19.1 Å². The normalized spacial score (nSPS) is 11.3. The average molecular weight is 307 g/mol. The number of nitro groups is 1. The van der Waals surface area contributed by atoms with Gasteiger partial charge in [-0.1, -0.05) is 0 Å². The molecule has 1 aromatic carbocycles. The Labute approximate surface area is 115 Å². The Bertz CT molecular complexity index is 465. The van der Waals surface area contributed by atoms with Crippen molar-refractivity contribution in [2.24, 2.45) is 0 Å². The molecular weight excluding hydrogens is 293 g/mol. The van der Waals surface area contributed by atoms with Gasteiger partial charge >= 0.3 is 7.82 Å². The number of rotatable bonds is 9. The maximum Gasteiger partial charge on any atom is 0.585 e. The maximum atomic E-state index is 12.1. The summed E-state index contributed by atoms with van der Waals surface area (Å²) in [5, 5.41) is 10.5. The van der Waals surface area contributed by atoms with Crippen LogP contribution in [0.25, 0.3) is 0 Å². The molecule has 0 aliphatic carbocycles. The van der Waals surface area contributed by atoms with Gasteiger partial charge in [-0.05, 0) is 26.0 Å². The number of hydrogen-bond acceptors (Lipinski definition) is 8. The average Bonchev–Trinajstić information content (AvgIpc) is 2.44. The lowest BCUT2D eigenvalue weighted by molar-refractivity contribution is -0.384. The van der Waals surface area contributed by atoms with E-state index in [4.69, 9.17) is 4.52 Å². The van der Waals surface area contributed by atoms with E-state index in [9.17, 15) is 14.7 Å². The Kier molecular flexibility index (Phi) is 6.56. The predicted octanol–water partition coefficient (Wildman–Crippen LogP) is 3.02. The second-order valence-corrected chi connectivity index (χ2v) is 4.63. The minimum absolute atomic E-state index is 0.0401. The monoisotopic (exact) mass is 307 g/mol. The first-order valence-electron chi connectivity index (χ1n) is 5.67. The molecule has 9 nitrogen and oxygen atoms in total. The van der Waals surface area contributed by atoms with Crippen molar-refractivity contribution in [2.75, 3.05) is 13.2 Å². The van der Waals surface area contributed by atoms with E-state index in [1.807, 2.05) is 0 Å². The summed E-state index contributed by atoms with van der Waals surface area (Å²) in [5.41, 5.74) is -0.136. The molecule has 0 aliphatic rings. The standard InChI is InChI=1S/C10H14NO8P/c1-3-15-18-20(14,19-16-4-2)17-10-7-5-9(6-8-10)11(12)13/h5-8H,3-4H2,1-2H3. The van der Waals surface area contributed by atoms with Gasteiger partial charge in [0.1, 0.15) is 5.75 Å². The SMILES string of the molecule is CCOOP(=O)(OOCC)Oc1ccc([N+](=O)[O-])cc1. The molecule has 20 heavy (non-hydrogen) atoms. The molecule has 1 aromatic rings.